The summed E-state index contributed by atoms with van der Waals surface area (Å²) in [6.07, 6.45) is -0.000821. The molecule has 2 unspecified atom stereocenters. The van der Waals surface area contributed by atoms with E-state index in [0.717, 1.165) is 11.1 Å². The summed E-state index contributed by atoms with van der Waals surface area (Å²) in [5, 5.41) is 9.47. The van der Waals surface area contributed by atoms with Gasteiger partial charge in [0.25, 0.3) is 0 Å². The maximum atomic E-state index is 12.8. The lowest BCUT2D eigenvalue weighted by Crippen LogP contribution is -2.45. The van der Waals surface area contributed by atoms with Crippen LogP contribution in [-0.4, -0.2) is 22.5 Å². The van der Waals surface area contributed by atoms with Crippen LogP contribution < -0.4 is 0 Å². The number of nitriles is 1. The normalized spacial score (nSPS) is 27.1. The zero-order chi connectivity index (χ0) is 15.0. The maximum absolute atomic E-state index is 12.8. The van der Waals surface area contributed by atoms with Crippen molar-refractivity contribution in [2.75, 3.05) is 5.75 Å². The fraction of sp³-hybridized carbons (Fsp3) is 0.357. The van der Waals surface area contributed by atoms with E-state index in [1.54, 1.807) is 25.1 Å². The number of sulfone groups is 1. The monoisotopic (exact) mass is 309 g/mol. The van der Waals surface area contributed by atoms with Gasteiger partial charge < -0.3 is 0 Å². The molecule has 2 rings (SSSR count). The van der Waals surface area contributed by atoms with Gasteiger partial charge in [-0.1, -0.05) is 29.3 Å². The molecule has 0 N–H and O–H groups in total. The van der Waals surface area contributed by atoms with Crippen LogP contribution in [0.3, 0.4) is 0 Å². The van der Waals surface area contributed by atoms with Crippen molar-refractivity contribution in [2.24, 2.45) is 0 Å². The highest BCUT2D eigenvalue weighted by Gasteiger charge is 2.52. The van der Waals surface area contributed by atoms with Gasteiger partial charge in [-0.05, 0) is 26.0 Å². The van der Waals surface area contributed by atoms with Crippen LogP contribution in [0.15, 0.2) is 46.4 Å². The second kappa shape index (κ2) is 5.15. The van der Waals surface area contributed by atoms with Crippen molar-refractivity contribution in [1.82, 2.24) is 0 Å². The first kappa shape index (κ1) is 14.9. The second-order valence-corrected chi connectivity index (χ2v) is 9.02. The van der Waals surface area contributed by atoms with E-state index in [1.807, 2.05) is 13.0 Å². The van der Waals surface area contributed by atoms with E-state index in [-0.39, 0.29) is 17.1 Å². The molecular weight excluding hydrogens is 294 g/mol. The Morgan fingerprint density at radius 3 is 2.35 bits per heavy atom. The lowest BCUT2D eigenvalue weighted by atomic mass is 10.1. The fourth-order valence-corrected chi connectivity index (χ4v) is 6.39. The summed E-state index contributed by atoms with van der Waals surface area (Å²) in [6.45, 7) is 3.61. The van der Waals surface area contributed by atoms with E-state index in [1.165, 1.54) is 12.1 Å². The van der Waals surface area contributed by atoms with Gasteiger partial charge in [0, 0.05) is 12.2 Å². The summed E-state index contributed by atoms with van der Waals surface area (Å²) in [5.74, 6) is 0.130. The molecule has 0 aromatic heterocycles. The first-order chi connectivity index (χ1) is 9.35. The summed E-state index contributed by atoms with van der Waals surface area (Å²) in [6, 6.07) is 9.60. The second-order valence-electron chi connectivity index (χ2n) is 4.91. The lowest BCUT2D eigenvalue weighted by Gasteiger charge is -2.30. The third-order valence-electron chi connectivity index (χ3n) is 3.60. The molecule has 20 heavy (non-hydrogen) atoms. The van der Waals surface area contributed by atoms with Crippen LogP contribution >= 0.6 is 0 Å². The Balaban J connectivity index is 2.65. The van der Waals surface area contributed by atoms with Crippen molar-refractivity contribution < 1.29 is 12.6 Å². The molecule has 0 saturated carbocycles. The Kier molecular flexibility index (Phi) is 3.85. The number of hydrogen-bond donors (Lipinski definition) is 0. The molecule has 0 aliphatic carbocycles. The molecule has 1 aromatic carbocycles. The quantitative estimate of drug-likeness (QED) is 0.785. The summed E-state index contributed by atoms with van der Waals surface area (Å²) in [7, 11) is -5.74. The van der Waals surface area contributed by atoms with E-state index in [9.17, 15) is 17.9 Å². The summed E-state index contributed by atoms with van der Waals surface area (Å²) < 4.78 is 36.1. The zero-order valence-electron chi connectivity index (χ0n) is 11.3. The molecular formula is C14H15NO3S2. The van der Waals surface area contributed by atoms with Crippen molar-refractivity contribution in [3.63, 3.8) is 0 Å². The topological polar surface area (TPSA) is 75.0 Å². The number of allylic oxidation sites excluding steroid dienone is 1. The summed E-state index contributed by atoms with van der Waals surface area (Å²) in [4.78, 5) is 0.0438. The van der Waals surface area contributed by atoms with Crippen molar-refractivity contribution in [3.05, 3.63) is 41.5 Å². The van der Waals surface area contributed by atoms with Crippen molar-refractivity contribution >= 4 is 20.6 Å². The van der Waals surface area contributed by atoms with Crippen LogP contribution in [-0.2, 0) is 20.6 Å². The minimum Gasteiger partial charge on any atom is -0.256 e. The molecule has 0 fully saturated rings. The lowest BCUT2D eigenvalue weighted by molar-refractivity contribution is 0.578. The van der Waals surface area contributed by atoms with E-state index in [2.05, 4.69) is 0 Å². The van der Waals surface area contributed by atoms with Gasteiger partial charge in [0.05, 0.1) is 15.7 Å². The van der Waals surface area contributed by atoms with Gasteiger partial charge in [-0.2, -0.15) is 5.26 Å². The first-order valence-corrected chi connectivity index (χ1v) is 8.90. The van der Waals surface area contributed by atoms with Gasteiger partial charge in [-0.15, -0.1) is 0 Å². The fourth-order valence-electron chi connectivity index (χ4n) is 2.17. The van der Waals surface area contributed by atoms with E-state index < -0.39 is 24.7 Å². The molecule has 1 aromatic rings. The molecule has 0 bridgehead atoms. The van der Waals surface area contributed by atoms with Gasteiger partial charge >= 0.3 is 0 Å². The molecule has 0 saturated heterocycles. The molecule has 0 spiro atoms. The van der Waals surface area contributed by atoms with Crippen LogP contribution in [0.1, 0.15) is 20.3 Å². The largest absolute Gasteiger partial charge is 0.256 e. The molecule has 1 aliphatic heterocycles. The molecule has 4 nitrogen and oxygen atoms in total. The Bertz CT molecular complexity index is 729. The van der Waals surface area contributed by atoms with Gasteiger partial charge in [0.1, 0.15) is 6.07 Å². The van der Waals surface area contributed by atoms with Crippen molar-refractivity contribution in [3.8, 4) is 6.07 Å². The number of nitrogens with zero attached hydrogens (tertiary/aromatic N) is 1. The standard InChI is InChI=1S/C14H15NO3S2/c1-11-8-14(10-15,19(16)9-12(11)2)20(17,18)13-6-4-3-5-7-13/h3-7H,8-9H2,1-2H3. The van der Waals surface area contributed by atoms with Crippen molar-refractivity contribution in [2.45, 2.75) is 29.2 Å². The number of rotatable bonds is 2. The average Bonchev–Trinajstić information content (AvgIpc) is 2.43. The Morgan fingerprint density at radius 1 is 1.20 bits per heavy atom. The van der Waals surface area contributed by atoms with Crippen LogP contribution in [0.2, 0.25) is 0 Å². The van der Waals surface area contributed by atoms with Gasteiger partial charge in [-0.25, -0.2) is 8.42 Å². The van der Waals surface area contributed by atoms with Gasteiger partial charge in [-0.3, -0.25) is 4.21 Å². The molecule has 106 valence electrons. The van der Waals surface area contributed by atoms with Gasteiger partial charge in [0.15, 0.2) is 0 Å². The zero-order valence-corrected chi connectivity index (χ0v) is 12.9. The Hall–Kier alpha value is -1.45. The predicted molar refractivity (Wildman–Crippen MR) is 78.0 cm³/mol. The third kappa shape index (κ3) is 2.11. The van der Waals surface area contributed by atoms with E-state index in [0.29, 0.717) is 0 Å². The Morgan fingerprint density at radius 2 is 1.80 bits per heavy atom. The molecule has 1 aliphatic rings. The minimum atomic E-state index is -3.97. The highest BCUT2D eigenvalue weighted by atomic mass is 32.3. The third-order valence-corrected chi connectivity index (χ3v) is 8.48. The highest BCUT2D eigenvalue weighted by molar-refractivity contribution is 8.08. The Labute approximate surface area is 121 Å². The molecule has 6 heteroatoms. The smallest absolute Gasteiger partial charge is 0.240 e. The van der Waals surface area contributed by atoms with Gasteiger partial charge in [0.2, 0.25) is 13.9 Å². The molecule has 0 amide bonds. The SMILES string of the molecule is CC1=C(C)CC(C#N)(S(=O)(=O)c2ccccc2)S(=O)C1. The van der Waals surface area contributed by atoms with Crippen molar-refractivity contribution in [1.29, 1.82) is 5.26 Å². The summed E-state index contributed by atoms with van der Waals surface area (Å²) in [5.41, 5.74) is 1.73. The predicted octanol–water partition coefficient (Wildman–Crippen LogP) is 2.17. The minimum absolute atomic E-state index is 0.000821. The van der Waals surface area contributed by atoms with E-state index in [4.69, 9.17) is 0 Å². The van der Waals surface area contributed by atoms with Crippen LogP contribution in [0.5, 0.6) is 0 Å². The average molecular weight is 309 g/mol. The molecule has 1 heterocycles. The number of hydrogen-bond acceptors (Lipinski definition) is 4. The maximum Gasteiger partial charge on any atom is 0.240 e. The molecule has 0 radical (unpaired) electrons. The van der Waals surface area contributed by atoms with Crippen LogP contribution in [0.4, 0.5) is 0 Å². The summed E-state index contributed by atoms with van der Waals surface area (Å²) >= 11 is 0. The number of benzene rings is 1. The highest BCUT2D eigenvalue weighted by Crippen LogP contribution is 2.39. The first-order valence-electron chi connectivity index (χ1n) is 6.10. The van der Waals surface area contributed by atoms with E-state index >= 15 is 0 Å². The van der Waals surface area contributed by atoms with Crippen LogP contribution in [0, 0.1) is 11.3 Å². The van der Waals surface area contributed by atoms with Crippen LogP contribution in [0.25, 0.3) is 0 Å². The molecule has 2 atom stereocenters.